The molecule has 0 unspecified atom stereocenters. The Balaban J connectivity index is 2.38. The molecule has 0 saturated heterocycles. The van der Waals surface area contributed by atoms with Gasteiger partial charge >= 0.3 is 0 Å². The lowest BCUT2D eigenvalue weighted by Crippen LogP contribution is -2.09. The zero-order valence-electron chi connectivity index (χ0n) is 6.00. The standard InChI is InChI=1S/C10H7O/c11-10-7-6-9(10)8-4-2-1-3-5-8/h1-5H,7H2. The molecule has 0 spiro atoms. The molecule has 53 valence electrons. The van der Waals surface area contributed by atoms with Crippen molar-refractivity contribution >= 4 is 11.4 Å². The van der Waals surface area contributed by atoms with E-state index in [-0.39, 0.29) is 5.78 Å². The average Bonchev–Trinajstić information content (AvgIpc) is 2.04. The topological polar surface area (TPSA) is 17.1 Å². The van der Waals surface area contributed by atoms with Crippen molar-refractivity contribution in [3.05, 3.63) is 42.0 Å². The summed E-state index contributed by atoms with van der Waals surface area (Å²) in [5.74, 6) is 0.205. The van der Waals surface area contributed by atoms with E-state index in [1.54, 1.807) is 0 Å². The first-order valence-electron chi connectivity index (χ1n) is 3.57. The van der Waals surface area contributed by atoms with Crippen LogP contribution in [0.5, 0.6) is 0 Å². The van der Waals surface area contributed by atoms with Crippen LogP contribution < -0.4 is 0 Å². The van der Waals surface area contributed by atoms with Gasteiger partial charge in [-0.15, -0.1) is 0 Å². The molecule has 0 aliphatic heterocycles. The van der Waals surface area contributed by atoms with Gasteiger partial charge in [0.2, 0.25) is 0 Å². The number of carbonyl (C=O) groups is 1. The van der Waals surface area contributed by atoms with Crippen LogP contribution in [0.15, 0.2) is 30.3 Å². The van der Waals surface area contributed by atoms with Gasteiger partial charge in [-0.1, -0.05) is 30.3 Å². The summed E-state index contributed by atoms with van der Waals surface area (Å²) >= 11 is 0. The Bertz CT molecular complexity index is 309. The van der Waals surface area contributed by atoms with Crippen molar-refractivity contribution in [2.75, 3.05) is 0 Å². The summed E-state index contributed by atoms with van der Waals surface area (Å²) < 4.78 is 0. The molecule has 0 N–H and O–H groups in total. The Hall–Kier alpha value is -1.37. The second kappa shape index (κ2) is 2.35. The Morgan fingerprint density at radius 1 is 1.18 bits per heavy atom. The lowest BCUT2D eigenvalue weighted by molar-refractivity contribution is -0.114. The van der Waals surface area contributed by atoms with E-state index in [4.69, 9.17) is 0 Å². The van der Waals surface area contributed by atoms with E-state index in [1.165, 1.54) is 0 Å². The maximum Gasteiger partial charge on any atom is 0.168 e. The van der Waals surface area contributed by atoms with Gasteiger partial charge in [0.1, 0.15) is 0 Å². The maximum atomic E-state index is 10.9. The predicted molar refractivity (Wildman–Crippen MR) is 42.7 cm³/mol. The molecule has 1 aromatic carbocycles. The molecule has 0 aromatic heterocycles. The SMILES string of the molecule is O=C1C[C]=C1c1ccccc1. The molecular formula is C10H7O. The van der Waals surface area contributed by atoms with Gasteiger partial charge in [-0.3, -0.25) is 4.79 Å². The highest BCUT2D eigenvalue weighted by molar-refractivity contribution is 6.25. The zero-order chi connectivity index (χ0) is 7.68. The molecule has 0 saturated carbocycles. The summed E-state index contributed by atoms with van der Waals surface area (Å²) in [6.45, 7) is 0. The van der Waals surface area contributed by atoms with Crippen LogP contribution in [-0.2, 0) is 4.79 Å². The fraction of sp³-hybridized carbons (Fsp3) is 0.100. The molecule has 1 aliphatic rings. The summed E-state index contributed by atoms with van der Waals surface area (Å²) in [6.07, 6.45) is 3.47. The lowest BCUT2D eigenvalue weighted by Gasteiger charge is -2.11. The van der Waals surface area contributed by atoms with Gasteiger partial charge in [0.25, 0.3) is 0 Å². The van der Waals surface area contributed by atoms with Gasteiger partial charge in [-0.2, -0.15) is 0 Å². The first kappa shape index (κ1) is 6.35. The molecule has 1 heteroatoms. The molecule has 1 radical (unpaired) electrons. The van der Waals surface area contributed by atoms with Crippen molar-refractivity contribution in [2.24, 2.45) is 0 Å². The van der Waals surface area contributed by atoms with E-state index in [1.807, 2.05) is 30.3 Å². The largest absolute Gasteiger partial charge is 0.294 e. The molecule has 0 heterocycles. The van der Waals surface area contributed by atoms with Crippen LogP contribution >= 0.6 is 0 Å². The number of Topliss-reactive ketones (excluding diaryl/α,β-unsaturated/α-hetero) is 1. The van der Waals surface area contributed by atoms with Crippen LogP contribution in [0.3, 0.4) is 0 Å². The molecule has 1 aromatic rings. The van der Waals surface area contributed by atoms with Gasteiger partial charge in [0, 0.05) is 12.0 Å². The van der Waals surface area contributed by atoms with Gasteiger partial charge in [-0.25, -0.2) is 0 Å². The van der Waals surface area contributed by atoms with E-state index in [0.717, 1.165) is 11.1 Å². The minimum atomic E-state index is 0.205. The van der Waals surface area contributed by atoms with Gasteiger partial charge < -0.3 is 0 Å². The van der Waals surface area contributed by atoms with Crippen molar-refractivity contribution in [3.63, 3.8) is 0 Å². The zero-order valence-corrected chi connectivity index (χ0v) is 6.00. The highest BCUT2D eigenvalue weighted by Crippen LogP contribution is 2.23. The Morgan fingerprint density at radius 2 is 1.91 bits per heavy atom. The molecular weight excluding hydrogens is 136 g/mol. The summed E-state index contributed by atoms with van der Waals surface area (Å²) in [5, 5.41) is 0. The minimum Gasteiger partial charge on any atom is -0.294 e. The maximum absolute atomic E-state index is 10.9. The Morgan fingerprint density at radius 3 is 2.36 bits per heavy atom. The number of rotatable bonds is 1. The molecule has 11 heavy (non-hydrogen) atoms. The van der Waals surface area contributed by atoms with E-state index in [9.17, 15) is 4.79 Å². The van der Waals surface area contributed by atoms with Crippen molar-refractivity contribution in [2.45, 2.75) is 6.42 Å². The van der Waals surface area contributed by atoms with Crippen LogP contribution in [0.4, 0.5) is 0 Å². The van der Waals surface area contributed by atoms with Gasteiger partial charge in [0.05, 0.1) is 0 Å². The third kappa shape index (κ3) is 0.984. The first-order chi connectivity index (χ1) is 5.38. The van der Waals surface area contributed by atoms with Crippen LogP contribution in [0.25, 0.3) is 5.57 Å². The molecule has 0 fully saturated rings. The minimum absolute atomic E-state index is 0.205. The molecule has 0 bridgehead atoms. The number of ketones is 1. The van der Waals surface area contributed by atoms with E-state index < -0.39 is 0 Å². The Labute approximate surface area is 65.4 Å². The van der Waals surface area contributed by atoms with Crippen LogP contribution in [0.1, 0.15) is 12.0 Å². The quantitative estimate of drug-likeness (QED) is 0.586. The molecule has 2 rings (SSSR count). The van der Waals surface area contributed by atoms with Crippen LogP contribution in [-0.4, -0.2) is 5.78 Å². The summed E-state index contributed by atoms with van der Waals surface area (Å²) in [4.78, 5) is 10.9. The molecule has 0 atom stereocenters. The molecule has 0 amide bonds. The third-order valence-electron chi connectivity index (χ3n) is 1.77. The molecule has 1 nitrogen and oxygen atoms in total. The summed E-state index contributed by atoms with van der Waals surface area (Å²) in [7, 11) is 0. The lowest BCUT2D eigenvalue weighted by atomic mass is 9.91. The van der Waals surface area contributed by atoms with Gasteiger partial charge in [0.15, 0.2) is 5.78 Å². The van der Waals surface area contributed by atoms with Crippen LogP contribution in [0, 0.1) is 6.08 Å². The number of benzene rings is 1. The van der Waals surface area contributed by atoms with E-state index in [2.05, 4.69) is 6.08 Å². The highest BCUT2D eigenvalue weighted by atomic mass is 16.1. The number of carbonyl (C=O) groups excluding carboxylic acids is 1. The third-order valence-corrected chi connectivity index (χ3v) is 1.77. The number of hydrogen-bond donors (Lipinski definition) is 0. The van der Waals surface area contributed by atoms with Gasteiger partial charge in [-0.05, 0) is 11.6 Å². The number of allylic oxidation sites excluding steroid dienone is 2. The van der Waals surface area contributed by atoms with E-state index in [0.29, 0.717) is 6.42 Å². The van der Waals surface area contributed by atoms with Crippen LogP contribution in [0.2, 0.25) is 0 Å². The van der Waals surface area contributed by atoms with Crippen molar-refractivity contribution < 1.29 is 4.79 Å². The van der Waals surface area contributed by atoms with E-state index >= 15 is 0 Å². The van der Waals surface area contributed by atoms with Crippen molar-refractivity contribution in [1.29, 1.82) is 0 Å². The molecule has 1 aliphatic carbocycles. The predicted octanol–water partition coefficient (Wildman–Crippen LogP) is 1.85. The Kier molecular flexibility index (Phi) is 1.35. The van der Waals surface area contributed by atoms with Crippen molar-refractivity contribution in [1.82, 2.24) is 0 Å². The fourth-order valence-electron chi connectivity index (χ4n) is 1.12. The summed E-state index contributed by atoms with van der Waals surface area (Å²) in [5.41, 5.74) is 1.74. The smallest absolute Gasteiger partial charge is 0.168 e. The normalized spacial score (nSPS) is 15.6. The number of hydrogen-bond acceptors (Lipinski definition) is 1. The second-order valence-corrected chi connectivity index (χ2v) is 2.52. The fourth-order valence-corrected chi connectivity index (χ4v) is 1.12. The first-order valence-corrected chi connectivity index (χ1v) is 3.57. The highest BCUT2D eigenvalue weighted by Gasteiger charge is 2.18. The van der Waals surface area contributed by atoms with Crippen molar-refractivity contribution in [3.8, 4) is 0 Å². The monoisotopic (exact) mass is 143 g/mol. The second-order valence-electron chi connectivity index (χ2n) is 2.52. The average molecular weight is 143 g/mol. The summed E-state index contributed by atoms with van der Waals surface area (Å²) in [6, 6.07) is 9.65.